The van der Waals surface area contributed by atoms with Crippen molar-refractivity contribution < 1.29 is 22.7 Å². The Bertz CT molecular complexity index is 1320. The molecule has 0 fully saturated rings. The summed E-state index contributed by atoms with van der Waals surface area (Å²) in [4.78, 5) is 28.4. The van der Waals surface area contributed by atoms with E-state index in [1.807, 2.05) is 44.2 Å². The number of rotatable bonds is 12. The molecule has 0 aliphatic heterocycles. The number of amides is 2. The standard InChI is InChI=1S/C29H35N3O5S/c1-5-22(2)30-29(34)23(3)31(20-24-14-8-6-9-15-24)28(33)21-32(26-18-12-13-19-27(26)37-4)38(35,36)25-16-10-7-11-17-25/h6-19,22-23H,5,20-21H2,1-4H3,(H,30,34)/t22-,23+/m1/s1. The van der Waals surface area contributed by atoms with Gasteiger partial charge in [0, 0.05) is 12.6 Å². The smallest absolute Gasteiger partial charge is 0.264 e. The lowest BCUT2D eigenvalue weighted by atomic mass is 10.1. The number of hydrogen-bond donors (Lipinski definition) is 1. The van der Waals surface area contributed by atoms with Gasteiger partial charge in [-0.2, -0.15) is 0 Å². The Labute approximate surface area is 225 Å². The zero-order valence-corrected chi connectivity index (χ0v) is 23.0. The van der Waals surface area contributed by atoms with Crippen LogP contribution in [0.5, 0.6) is 5.75 Å². The molecule has 2 amide bonds. The highest BCUT2D eigenvalue weighted by atomic mass is 32.2. The number of methoxy groups -OCH3 is 1. The molecule has 202 valence electrons. The molecule has 0 saturated heterocycles. The molecular formula is C29H35N3O5S. The number of para-hydroxylation sites is 2. The van der Waals surface area contributed by atoms with Gasteiger partial charge in [-0.3, -0.25) is 13.9 Å². The van der Waals surface area contributed by atoms with Gasteiger partial charge in [0.05, 0.1) is 17.7 Å². The first-order chi connectivity index (χ1) is 18.2. The third-order valence-corrected chi connectivity index (χ3v) is 8.10. The molecule has 9 heteroatoms. The molecule has 0 aromatic heterocycles. The van der Waals surface area contributed by atoms with Gasteiger partial charge in [0.15, 0.2) is 0 Å². The summed E-state index contributed by atoms with van der Waals surface area (Å²) in [5.74, 6) is -0.526. The molecule has 3 rings (SSSR count). The van der Waals surface area contributed by atoms with Crippen molar-refractivity contribution in [3.8, 4) is 5.75 Å². The van der Waals surface area contributed by atoms with Crippen LogP contribution in [0.4, 0.5) is 5.69 Å². The van der Waals surface area contributed by atoms with Gasteiger partial charge >= 0.3 is 0 Å². The summed E-state index contributed by atoms with van der Waals surface area (Å²) in [6.07, 6.45) is 0.738. The highest BCUT2D eigenvalue weighted by Gasteiger charge is 2.33. The van der Waals surface area contributed by atoms with Crippen LogP contribution in [0, 0.1) is 0 Å². The normalized spacial score (nSPS) is 12.7. The molecule has 3 aromatic carbocycles. The van der Waals surface area contributed by atoms with Crippen LogP contribution in [0.25, 0.3) is 0 Å². The van der Waals surface area contributed by atoms with Crippen LogP contribution in [0.3, 0.4) is 0 Å². The summed E-state index contributed by atoms with van der Waals surface area (Å²) in [5.41, 5.74) is 1.04. The highest BCUT2D eigenvalue weighted by molar-refractivity contribution is 7.92. The Kier molecular flexibility index (Phi) is 9.90. The Morgan fingerprint density at radius 1 is 0.895 bits per heavy atom. The summed E-state index contributed by atoms with van der Waals surface area (Å²) >= 11 is 0. The molecule has 3 aromatic rings. The van der Waals surface area contributed by atoms with Crippen LogP contribution >= 0.6 is 0 Å². The summed E-state index contributed by atoms with van der Waals surface area (Å²) < 4.78 is 34.1. The van der Waals surface area contributed by atoms with Crippen LogP contribution in [0.1, 0.15) is 32.8 Å². The average molecular weight is 538 g/mol. The van der Waals surface area contributed by atoms with E-state index in [2.05, 4.69) is 5.32 Å². The minimum Gasteiger partial charge on any atom is -0.495 e. The van der Waals surface area contributed by atoms with Crippen molar-refractivity contribution >= 4 is 27.5 Å². The first-order valence-electron chi connectivity index (χ1n) is 12.5. The van der Waals surface area contributed by atoms with Gasteiger partial charge < -0.3 is 15.0 Å². The average Bonchev–Trinajstić information content (AvgIpc) is 2.94. The Balaban J connectivity index is 2.03. The zero-order valence-electron chi connectivity index (χ0n) is 22.2. The molecule has 0 heterocycles. The van der Waals surface area contributed by atoms with Crippen molar-refractivity contribution in [2.24, 2.45) is 0 Å². The van der Waals surface area contributed by atoms with Gasteiger partial charge in [0.2, 0.25) is 11.8 Å². The summed E-state index contributed by atoms with van der Waals surface area (Å²) in [6, 6.07) is 22.9. The van der Waals surface area contributed by atoms with Gasteiger partial charge in [-0.1, -0.05) is 67.6 Å². The lowest BCUT2D eigenvalue weighted by Gasteiger charge is -2.32. The fraction of sp³-hybridized carbons (Fsp3) is 0.310. The van der Waals surface area contributed by atoms with E-state index in [0.717, 1.165) is 16.3 Å². The third-order valence-electron chi connectivity index (χ3n) is 6.33. The number of anilines is 1. The van der Waals surface area contributed by atoms with Crippen molar-refractivity contribution in [3.05, 3.63) is 90.5 Å². The van der Waals surface area contributed by atoms with Gasteiger partial charge in [0.25, 0.3) is 10.0 Å². The predicted molar refractivity (Wildman–Crippen MR) is 148 cm³/mol. The van der Waals surface area contributed by atoms with Crippen molar-refractivity contribution in [1.82, 2.24) is 10.2 Å². The molecule has 8 nitrogen and oxygen atoms in total. The Morgan fingerprint density at radius 2 is 1.47 bits per heavy atom. The Hall–Kier alpha value is -3.85. The van der Waals surface area contributed by atoms with E-state index < -0.39 is 28.5 Å². The molecular weight excluding hydrogens is 502 g/mol. The number of sulfonamides is 1. The maximum atomic E-state index is 13.9. The van der Waals surface area contributed by atoms with Gasteiger partial charge in [0.1, 0.15) is 18.3 Å². The number of nitrogens with zero attached hydrogens (tertiary/aromatic N) is 2. The van der Waals surface area contributed by atoms with Crippen LogP contribution in [-0.2, 0) is 26.2 Å². The molecule has 38 heavy (non-hydrogen) atoms. The molecule has 0 aliphatic rings. The van der Waals surface area contributed by atoms with Gasteiger partial charge in [-0.25, -0.2) is 8.42 Å². The lowest BCUT2D eigenvalue weighted by Crippen LogP contribution is -2.52. The number of hydrogen-bond acceptors (Lipinski definition) is 5. The van der Waals surface area contributed by atoms with Crippen LogP contribution in [0.15, 0.2) is 89.8 Å². The van der Waals surface area contributed by atoms with Gasteiger partial charge in [-0.05, 0) is 50.1 Å². The van der Waals surface area contributed by atoms with E-state index in [4.69, 9.17) is 4.74 Å². The summed E-state index contributed by atoms with van der Waals surface area (Å²) in [5, 5.41) is 2.93. The lowest BCUT2D eigenvalue weighted by molar-refractivity contribution is -0.139. The molecule has 0 saturated carbocycles. The molecule has 2 atom stereocenters. The van der Waals surface area contributed by atoms with Crippen LogP contribution in [0.2, 0.25) is 0 Å². The topological polar surface area (TPSA) is 96.0 Å². The molecule has 0 bridgehead atoms. The molecule has 0 aliphatic carbocycles. The van der Waals surface area contributed by atoms with E-state index in [0.29, 0.717) is 5.75 Å². The van der Waals surface area contributed by atoms with Crippen molar-refractivity contribution in [2.45, 2.75) is 50.7 Å². The minimum atomic E-state index is -4.15. The monoisotopic (exact) mass is 537 g/mol. The van der Waals surface area contributed by atoms with E-state index in [1.54, 1.807) is 49.4 Å². The molecule has 1 N–H and O–H groups in total. The molecule has 0 radical (unpaired) electrons. The fourth-order valence-corrected chi connectivity index (χ4v) is 5.34. The van der Waals surface area contributed by atoms with E-state index >= 15 is 0 Å². The number of ether oxygens (including phenoxy) is 1. The first-order valence-corrected chi connectivity index (χ1v) is 14.0. The van der Waals surface area contributed by atoms with Gasteiger partial charge in [-0.15, -0.1) is 0 Å². The maximum Gasteiger partial charge on any atom is 0.264 e. The molecule has 0 spiro atoms. The largest absolute Gasteiger partial charge is 0.495 e. The highest BCUT2D eigenvalue weighted by Crippen LogP contribution is 2.32. The third kappa shape index (κ3) is 6.92. The number of carbonyl (C=O) groups is 2. The zero-order chi connectivity index (χ0) is 27.7. The van der Waals surface area contributed by atoms with Crippen molar-refractivity contribution in [1.29, 1.82) is 0 Å². The minimum absolute atomic E-state index is 0.0378. The van der Waals surface area contributed by atoms with E-state index in [-0.39, 0.29) is 29.1 Å². The second kappa shape index (κ2) is 13.1. The first kappa shape index (κ1) is 28.7. The van der Waals surface area contributed by atoms with Crippen LogP contribution in [-0.4, -0.2) is 50.9 Å². The number of benzene rings is 3. The van der Waals surface area contributed by atoms with Crippen molar-refractivity contribution in [3.63, 3.8) is 0 Å². The second-order valence-corrected chi connectivity index (χ2v) is 10.9. The van der Waals surface area contributed by atoms with E-state index in [9.17, 15) is 18.0 Å². The summed E-state index contributed by atoms with van der Waals surface area (Å²) in [7, 11) is -2.71. The fourth-order valence-electron chi connectivity index (χ4n) is 3.90. The van der Waals surface area contributed by atoms with E-state index in [1.165, 1.54) is 24.1 Å². The molecule has 0 unspecified atom stereocenters. The number of carbonyl (C=O) groups excluding carboxylic acids is 2. The SMILES string of the molecule is CC[C@@H](C)NC(=O)[C@H](C)N(Cc1ccccc1)C(=O)CN(c1ccccc1OC)S(=O)(=O)c1ccccc1. The summed E-state index contributed by atoms with van der Waals surface area (Å²) in [6.45, 7) is 5.12. The second-order valence-electron chi connectivity index (χ2n) is 9.00. The Morgan fingerprint density at radius 3 is 2.08 bits per heavy atom. The maximum absolute atomic E-state index is 13.9. The quantitative estimate of drug-likeness (QED) is 0.373. The number of nitrogens with one attached hydrogen (secondary N) is 1. The van der Waals surface area contributed by atoms with Crippen LogP contribution < -0.4 is 14.4 Å². The van der Waals surface area contributed by atoms with Crippen molar-refractivity contribution in [2.75, 3.05) is 18.0 Å². The predicted octanol–water partition coefficient (Wildman–Crippen LogP) is 4.22.